The van der Waals surface area contributed by atoms with Gasteiger partial charge in [0.25, 0.3) is 0 Å². The first-order chi connectivity index (χ1) is 14.4. The van der Waals surface area contributed by atoms with Crippen LogP contribution in [0.2, 0.25) is 0 Å². The first-order valence-electron chi connectivity index (χ1n) is 10.8. The maximum Gasteiger partial charge on any atom is 0.225 e. The Balaban J connectivity index is 1.37. The van der Waals surface area contributed by atoms with E-state index in [2.05, 4.69) is 29.1 Å². The van der Waals surface area contributed by atoms with E-state index in [0.717, 1.165) is 42.5 Å². The summed E-state index contributed by atoms with van der Waals surface area (Å²) in [7, 11) is 0. The summed E-state index contributed by atoms with van der Waals surface area (Å²) < 4.78 is 0. The van der Waals surface area contributed by atoms with Gasteiger partial charge in [0.05, 0.1) is 17.7 Å². The Labute approximate surface area is 176 Å². The van der Waals surface area contributed by atoms with Gasteiger partial charge >= 0.3 is 0 Å². The van der Waals surface area contributed by atoms with Gasteiger partial charge in [-0.3, -0.25) is 14.6 Å². The number of fused-ring (bicyclic) bond motifs is 1. The number of nitrogens with one attached hydrogen (secondary N) is 1. The van der Waals surface area contributed by atoms with Crippen molar-refractivity contribution in [2.75, 3.05) is 6.54 Å². The molecule has 3 aliphatic rings. The molecule has 7 heteroatoms. The Kier molecular flexibility index (Phi) is 4.56. The molecule has 5 rings (SSSR count). The van der Waals surface area contributed by atoms with Crippen molar-refractivity contribution in [2.45, 2.75) is 58.0 Å². The fourth-order valence-electron chi connectivity index (χ4n) is 4.75. The zero-order valence-corrected chi connectivity index (χ0v) is 17.5. The van der Waals surface area contributed by atoms with Gasteiger partial charge in [-0.2, -0.15) is 0 Å². The van der Waals surface area contributed by atoms with Crippen LogP contribution in [0, 0.1) is 11.3 Å². The number of rotatable bonds is 4. The highest BCUT2D eigenvalue weighted by Gasteiger charge is 2.43. The van der Waals surface area contributed by atoms with Crippen LogP contribution in [-0.4, -0.2) is 44.3 Å². The SMILES string of the molecule is CC1(C)Cc2nc(-c3cccnc3)ncc2C(NC(=O)C2CC(=O)N(C3CC3)C2)C1. The molecular weight excluding hydrogens is 378 g/mol. The lowest BCUT2D eigenvalue weighted by Gasteiger charge is -2.37. The van der Waals surface area contributed by atoms with Gasteiger partial charge in [-0.05, 0) is 43.2 Å². The van der Waals surface area contributed by atoms with Gasteiger partial charge in [0, 0.05) is 48.7 Å². The van der Waals surface area contributed by atoms with E-state index in [1.54, 1.807) is 12.4 Å². The number of amides is 2. The lowest BCUT2D eigenvalue weighted by atomic mass is 9.74. The monoisotopic (exact) mass is 405 g/mol. The minimum absolute atomic E-state index is 0.0110. The predicted molar refractivity (Wildman–Crippen MR) is 111 cm³/mol. The molecule has 1 aliphatic heterocycles. The molecule has 2 fully saturated rings. The lowest BCUT2D eigenvalue weighted by molar-refractivity contribution is -0.129. The van der Waals surface area contributed by atoms with Crippen LogP contribution >= 0.6 is 0 Å². The van der Waals surface area contributed by atoms with Crippen LogP contribution in [0.1, 0.15) is 56.8 Å². The van der Waals surface area contributed by atoms with E-state index < -0.39 is 0 Å². The summed E-state index contributed by atoms with van der Waals surface area (Å²) in [6, 6.07) is 4.05. The molecule has 2 aliphatic carbocycles. The van der Waals surface area contributed by atoms with Crippen molar-refractivity contribution >= 4 is 11.8 Å². The molecule has 0 radical (unpaired) electrons. The van der Waals surface area contributed by atoms with E-state index in [4.69, 9.17) is 4.98 Å². The summed E-state index contributed by atoms with van der Waals surface area (Å²) >= 11 is 0. The highest BCUT2D eigenvalue weighted by Crippen LogP contribution is 2.41. The highest BCUT2D eigenvalue weighted by atomic mass is 16.2. The number of hydrogen-bond donors (Lipinski definition) is 1. The van der Waals surface area contributed by atoms with Gasteiger partial charge in [0.15, 0.2) is 5.82 Å². The number of nitrogens with zero attached hydrogens (tertiary/aromatic N) is 4. The molecule has 7 nitrogen and oxygen atoms in total. The third kappa shape index (κ3) is 3.68. The Bertz CT molecular complexity index is 986. The second kappa shape index (κ2) is 7.15. The highest BCUT2D eigenvalue weighted by molar-refractivity contribution is 5.89. The van der Waals surface area contributed by atoms with Crippen LogP contribution < -0.4 is 5.32 Å². The number of aromatic nitrogens is 3. The molecule has 2 aromatic rings. The molecule has 0 spiro atoms. The minimum Gasteiger partial charge on any atom is -0.349 e. The van der Waals surface area contributed by atoms with Crippen molar-refractivity contribution < 1.29 is 9.59 Å². The number of likely N-dealkylation sites (tertiary alicyclic amines) is 1. The van der Waals surface area contributed by atoms with Crippen molar-refractivity contribution in [3.05, 3.63) is 42.0 Å². The number of pyridine rings is 1. The topological polar surface area (TPSA) is 88.1 Å². The normalized spacial score (nSPS) is 25.1. The van der Waals surface area contributed by atoms with Crippen LogP contribution in [-0.2, 0) is 16.0 Å². The van der Waals surface area contributed by atoms with Crippen molar-refractivity contribution in [1.82, 2.24) is 25.2 Å². The standard InChI is InChI=1S/C23H27N5O2/c1-23(2)9-18-17(12-25-21(26-18)14-4-3-7-24-11-14)19(10-23)27-22(30)15-8-20(29)28(13-15)16-5-6-16/h3-4,7,11-12,15-16,19H,5-6,8-10,13H2,1-2H3,(H,27,30). The molecule has 0 aromatic carbocycles. The summed E-state index contributed by atoms with van der Waals surface area (Å²) in [6.45, 7) is 4.96. The maximum atomic E-state index is 13.0. The van der Waals surface area contributed by atoms with E-state index in [9.17, 15) is 9.59 Å². The molecule has 2 unspecified atom stereocenters. The number of carbonyl (C=O) groups is 2. The van der Waals surface area contributed by atoms with Crippen LogP contribution in [0.25, 0.3) is 11.4 Å². The van der Waals surface area contributed by atoms with Crippen molar-refractivity contribution in [3.8, 4) is 11.4 Å². The third-order valence-corrected chi connectivity index (χ3v) is 6.43. The van der Waals surface area contributed by atoms with Crippen LogP contribution in [0.5, 0.6) is 0 Å². The molecule has 156 valence electrons. The fraction of sp³-hybridized carbons (Fsp3) is 0.522. The van der Waals surface area contributed by atoms with Crippen molar-refractivity contribution in [2.24, 2.45) is 11.3 Å². The molecule has 2 atom stereocenters. The summed E-state index contributed by atoms with van der Waals surface area (Å²) in [4.78, 5) is 40.7. The second-order valence-electron chi connectivity index (χ2n) is 9.62. The van der Waals surface area contributed by atoms with Crippen LogP contribution in [0.4, 0.5) is 0 Å². The van der Waals surface area contributed by atoms with E-state index in [1.165, 1.54) is 0 Å². The average Bonchev–Trinajstić information content (AvgIpc) is 3.48. The largest absolute Gasteiger partial charge is 0.349 e. The summed E-state index contributed by atoms with van der Waals surface area (Å²) in [5.74, 6) is 0.483. The summed E-state index contributed by atoms with van der Waals surface area (Å²) in [5.41, 5.74) is 2.86. The molecule has 30 heavy (non-hydrogen) atoms. The lowest BCUT2D eigenvalue weighted by Crippen LogP contribution is -2.40. The quantitative estimate of drug-likeness (QED) is 0.845. The van der Waals surface area contributed by atoms with E-state index in [1.807, 2.05) is 23.2 Å². The number of hydrogen-bond acceptors (Lipinski definition) is 5. The molecule has 2 aromatic heterocycles. The predicted octanol–water partition coefficient (Wildman–Crippen LogP) is 2.68. The fourth-order valence-corrected chi connectivity index (χ4v) is 4.75. The minimum atomic E-state index is -0.262. The van der Waals surface area contributed by atoms with Crippen molar-refractivity contribution in [3.63, 3.8) is 0 Å². The first kappa shape index (κ1) is 19.2. The smallest absolute Gasteiger partial charge is 0.225 e. The maximum absolute atomic E-state index is 13.0. The Morgan fingerprint density at radius 1 is 1.27 bits per heavy atom. The van der Waals surface area contributed by atoms with Gasteiger partial charge in [-0.1, -0.05) is 13.8 Å². The molecule has 2 amide bonds. The molecule has 0 bridgehead atoms. The average molecular weight is 406 g/mol. The Morgan fingerprint density at radius 2 is 2.10 bits per heavy atom. The van der Waals surface area contributed by atoms with E-state index in [-0.39, 0.29) is 29.2 Å². The van der Waals surface area contributed by atoms with Gasteiger partial charge in [-0.15, -0.1) is 0 Å². The summed E-state index contributed by atoms with van der Waals surface area (Å²) in [5, 5.41) is 3.22. The Morgan fingerprint density at radius 3 is 2.83 bits per heavy atom. The van der Waals surface area contributed by atoms with Gasteiger partial charge < -0.3 is 10.2 Å². The molecular formula is C23H27N5O2. The molecule has 1 saturated carbocycles. The zero-order valence-electron chi connectivity index (χ0n) is 17.5. The van der Waals surface area contributed by atoms with Gasteiger partial charge in [-0.25, -0.2) is 9.97 Å². The molecule has 3 heterocycles. The summed E-state index contributed by atoms with van der Waals surface area (Å²) in [6.07, 6.45) is 9.47. The number of carbonyl (C=O) groups excluding carboxylic acids is 2. The third-order valence-electron chi connectivity index (χ3n) is 6.43. The Hall–Kier alpha value is -2.83. The van der Waals surface area contributed by atoms with Crippen LogP contribution in [0.15, 0.2) is 30.7 Å². The van der Waals surface area contributed by atoms with E-state index >= 15 is 0 Å². The van der Waals surface area contributed by atoms with Crippen molar-refractivity contribution in [1.29, 1.82) is 0 Å². The first-order valence-corrected chi connectivity index (χ1v) is 10.8. The van der Waals surface area contributed by atoms with Crippen LogP contribution in [0.3, 0.4) is 0 Å². The zero-order chi connectivity index (χ0) is 20.9. The molecule has 1 saturated heterocycles. The van der Waals surface area contributed by atoms with Gasteiger partial charge in [0.2, 0.25) is 11.8 Å². The molecule has 1 N–H and O–H groups in total. The van der Waals surface area contributed by atoms with Gasteiger partial charge in [0.1, 0.15) is 0 Å². The van der Waals surface area contributed by atoms with E-state index in [0.29, 0.717) is 24.8 Å². The second-order valence-corrected chi connectivity index (χ2v) is 9.62.